The van der Waals surface area contributed by atoms with E-state index in [1.165, 1.54) is 11.1 Å². The number of benzene rings is 2. The Labute approximate surface area is 223 Å². The number of nitrogens with one attached hydrogen (secondary N) is 1. The van der Waals surface area contributed by atoms with Crippen LogP contribution in [-0.4, -0.2) is 26.4 Å². The average molecular weight is 510 g/mol. The minimum atomic E-state index is -0.688. The zero-order chi connectivity index (χ0) is 26.9. The zero-order valence-electron chi connectivity index (χ0n) is 22.3. The topological polar surface area (TPSA) is 83.7 Å². The fourth-order valence-corrected chi connectivity index (χ4v) is 5.56. The van der Waals surface area contributed by atoms with Gasteiger partial charge in [0.25, 0.3) is 5.91 Å². The molecule has 2 N–H and O–H groups in total. The van der Waals surface area contributed by atoms with Crippen LogP contribution in [0.4, 0.5) is 0 Å². The summed E-state index contributed by atoms with van der Waals surface area (Å²) in [4.78, 5) is 28.6. The molecule has 0 spiro atoms. The number of amides is 1. The summed E-state index contributed by atoms with van der Waals surface area (Å²) in [6, 6.07) is 20.8. The standard InChI is InChI=1S/C32H35N3O3/c1-21-4-15-27(16-5-21)32(2,3)34-31(38)28-20-35-19-26(14-17-29(35)33-28)25-12-10-24(11-13-25)23-8-6-22(7-9-23)18-30(36)37/h4-5,10-17,19-20,22-23H,6-9,18H2,1-3H3,(H,34,38)(H,36,37). The molecule has 2 heterocycles. The van der Waals surface area contributed by atoms with Crippen molar-refractivity contribution in [3.63, 3.8) is 0 Å². The van der Waals surface area contributed by atoms with Gasteiger partial charge in [-0.05, 0) is 92.7 Å². The molecule has 1 aliphatic carbocycles. The Balaban J connectivity index is 1.27. The maximum atomic E-state index is 13.1. The van der Waals surface area contributed by atoms with Crippen LogP contribution in [0.25, 0.3) is 16.8 Å². The van der Waals surface area contributed by atoms with Crippen molar-refractivity contribution in [1.82, 2.24) is 14.7 Å². The number of rotatable bonds is 7. The van der Waals surface area contributed by atoms with Gasteiger partial charge in [0, 0.05) is 18.8 Å². The van der Waals surface area contributed by atoms with Gasteiger partial charge in [-0.25, -0.2) is 4.98 Å². The van der Waals surface area contributed by atoms with Crippen molar-refractivity contribution in [2.24, 2.45) is 5.92 Å². The molecule has 4 aromatic rings. The quantitative estimate of drug-likeness (QED) is 0.290. The van der Waals surface area contributed by atoms with Crippen LogP contribution in [0, 0.1) is 12.8 Å². The lowest BCUT2D eigenvalue weighted by Gasteiger charge is -2.28. The number of carbonyl (C=O) groups excluding carboxylic acids is 1. The molecule has 0 radical (unpaired) electrons. The first-order chi connectivity index (χ1) is 18.2. The van der Waals surface area contributed by atoms with E-state index >= 15 is 0 Å². The van der Waals surface area contributed by atoms with Crippen LogP contribution >= 0.6 is 0 Å². The first-order valence-electron chi connectivity index (χ1n) is 13.4. The molecule has 0 bridgehead atoms. The van der Waals surface area contributed by atoms with Crippen molar-refractivity contribution >= 4 is 17.5 Å². The number of aromatic nitrogens is 2. The molecule has 196 valence electrons. The van der Waals surface area contributed by atoms with E-state index in [1.807, 2.05) is 55.6 Å². The van der Waals surface area contributed by atoms with Crippen molar-refractivity contribution in [3.05, 3.63) is 95.4 Å². The smallest absolute Gasteiger partial charge is 0.303 e. The number of carboxylic acids is 1. The summed E-state index contributed by atoms with van der Waals surface area (Å²) in [5.41, 5.74) is 6.29. The van der Waals surface area contributed by atoms with E-state index in [2.05, 4.69) is 46.7 Å². The molecule has 38 heavy (non-hydrogen) atoms. The van der Waals surface area contributed by atoms with Gasteiger partial charge in [-0.1, -0.05) is 54.1 Å². The maximum Gasteiger partial charge on any atom is 0.303 e. The summed E-state index contributed by atoms with van der Waals surface area (Å²) < 4.78 is 1.90. The molecule has 1 fully saturated rings. The highest BCUT2D eigenvalue weighted by Crippen LogP contribution is 2.37. The number of carbonyl (C=O) groups is 2. The van der Waals surface area contributed by atoms with Gasteiger partial charge >= 0.3 is 5.97 Å². The first kappa shape index (κ1) is 25.7. The third kappa shape index (κ3) is 5.64. The van der Waals surface area contributed by atoms with Crippen LogP contribution < -0.4 is 5.32 Å². The third-order valence-electron chi connectivity index (χ3n) is 7.91. The molecule has 1 aliphatic rings. The number of pyridine rings is 1. The molecular formula is C32H35N3O3. The Morgan fingerprint density at radius 2 is 1.58 bits per heavy atom. The number of nitrogens with zero attached hydrogens (tertiary/aromatic N) is 2. The molecule has 0 atom stereocenters. The predicted octanol–water partition coefficient (Wildman–Crippen LogP) is 6.72. The van der Waals surface area contributed by atoms with Gasteiger partial charge in [0.05, 0.1) is 5.54 Å². The zero-order valence-corrected chi connectivity index (χ0v) is 22.3. The Bertz CT molecular complexity index is 1440. The molecule has 0 saturated heterocycles. The second-order valence-electron chi connectivity index (χ2n) is 11.2. The first-order valence-corrected chi connectivity index (χ1v) is 13.4. The SMILES string of the molecule is Cc1ccc(C(C)(C)NC(=O)c2cn3cc(-c4ccc(C5CCC(CC(=O)O)CC5)cc4)ccc3n2)cc1. The predicted molar refractivity (Wildman–Crippen MR) is 149 cm³/mol. The van der Waals surface area contributed by atoms with Gasteiger partial charge in [-0.15, -0.1) is 0 Å². The van der Waals surface area contributed by atoms with E-state index in [1.54, 1.807) is 6.20 Å². The van der Waals surface area contributed by atoms with E-state index in [0.29, 0.717) is 17.5 Å². The minimum absolute atomic E-state index is 0.205. The highest BCUT2D eigenvalue weighted by atomic mass is 16.4. The van der Waals surface area contributed by atoms with Crippen molar-refractivity contribution in [1.29, 1.82) is 0 Å². The van der Waals surface area contributed by atoms with Crippen molar-refractivity contribution in [2.45, 2.75) is 64.3 Å². The second-order valence-corrected chi connectivity index (χ2v) is 11.2. The largest absolute Gasteiger partial charge is 0.481 e. The van der Waals surface area contributed by atoms with Crippen LogP contribution in [-0.2, 0) is 10.3 Å². The molecule has 6 heteroatoms. The molecule has 6 nitrogen and oxygen atoms in total. The van der Waals surface area contributed by atoms with Crippen LogP contribution in [0.1, 0.15) is 79.0 Å². The van der Waals surface area contributed by atoms with E-state index < -0.39 is 11.5 Å². The molecule has 2 aromatic heterocycles. The highest BCUT2D eigenvalue weighted by molar-refractivity contribution is 5.93. The summed E-state index contributed by atoms with van der Waals surface area (Å²) in [5, 5.41) is 12.2. The van der Waals surface area contributed by atoms with Crippen molar-refractivity contribution in [2.75, 3.05) is 0 Å². The van der Waals surface area contributed by atoms with E-state index in [-0.39, 0.29) is 12.3 Å². The monoisotopic (exact) mass is 509 g/mol. The number of hydrogen-bond donors (Lipinski definition) is 2. The number of carboxylic acid groups (broad SMARTS) is 1. The van der Waals surface area contributed by atoms with Gasteiger partial charge in [0.15, 0.2) is 0 Å². The highest BCUT2D eigenvalue weighted by Gasteiger charge is 2.25. The van der Waals surface area contributed by atoms with Gasteiger partial charge in [-0.2, -0.15) is 0 Å². The number of imidazole rings is 1. The number of aryl methyl sites for hydroxylation is 1. The Morgan fingerprint density at radius 3 is 2.24 bits per heavy atom. The summed E-state index contributed by atoms with van der Waals surface area (Å²) in [6.07, 6.45) is 8.13. The molecule has 1 saturated carbocycles. The lowest BCUT2D eigenvalue weighted by atomic mass is 9.77. The van der Waals surface area contributed by atoms with Crippen molar-refractivity contribution < 1.29 is 14.7 Å². The molecular weight excluding hydrogens is 474 g/mol. The summed E-state index contributed by atoms with van der Waals surface area (Å²) in [5.74, 6) is -0.0872. The van der Waals surface area contributed by atoms with Crippen LogP contribution in [0.3, 0.4) is 0 Å². The fourth-order valence-electron chi connectivity index (χ4n) is 5.56. The van der Waals surface area contributed by atoms with Gasteiger partial charge in [0.1, 0.15) is 11.3 Å². The maximum absolute atomic E-state index is 13.1. The molecule has 1 amide bonds. The lowest BCUT2D eigenvalue weighted by molar-refractivity contribution is -0.138. The Hall–Kier alpha value is -3.93. The molecule has 2 aromatic carbocycles. The molecule has 5 rings (SSSR count). The number of hydrogen-bond acceptors (Lipinski definition) is 3. The van der Waals surface area contributed by atoms with Gasteiger partial charge < -0.3 is 14.8 Å². The van der Waals surface area contributed by atoms with Crippen LogP contribution in [0.15, 0.2) is 73.1 Å². The normalized spacial score (nSPS) is 17.9. The second kappa shape index (κ2) is 10.4. The molecule has 0 aliphatic heterocycles. The average Bonchev–Trinajstić information content (AvgIpc) is 3.33. The van der Waals surface area contributed by atoms with Crippen LogP contribution in [0.5, 0.6) is 0 Å². The van der Waals surface area contributed by atoms with E-state index in [0.717, 1.165) is 48.0 Å². The van der Waals surface area contributed by atoms with Crippen LogP contribution in [0.2, 0.25) is 0 Å². The summed E-state index contributed by atoms with van der Waals surface area (Å²) >= 11 is 0. The lowest BCUT2D eigenvalue weighted by Crippen LogP contribution is -2.41. The van der Waals surface area contributed by atoms with Gasteiger partial charge in [-0.3, -0.25) is 9.59 Å². The summed E-state index contributed by atoms with van der Waals surface area (Å²) in [7, 11) is 0. The number of fused-ring (bicyclic) bond motifs is 1. The van der Waals surface area contributed by atoms with E-state index in [9.17, 15) is 9.59 Å². The Morgan fingerprint density at radius 1 is 0.921 bits per heavy atom. The van der Waals surface area contributed by atoms with Crippen molar-refractivity contribution in [3.8, 4) is 11.1 Å². The number of aliphatic carboxylic acids is 1. The minimum Gasteiger partial charge on any atom is -0.481 e. The van der Waals surface area contributed by atoms with Gasteiger partial charge in [0.2, 0.25) is 0 Å². The molecule has 0 unspecified atom stereocenters. The van der Waals surface area contributed by atoms with E-state index in [4.69, 9.17) is 5.11 Å². The third-order valence-corrected chi connectivity index (χ3v) is 7.91. The fraction of sp³-hybridized carbons (Fsp3) is 0.344. The Kier molecular flexibility index (Phi) is 7.06. The summed E-state index contributed by atoms with van der Waals surface area (Å²) in [6.45, 7) is 6.04.